The normalized spacial score (nSPS) is 18.4. The van der Waals surface area contributed by atoms with Gasteiger partial charge in [0.1, 0.15) is 6.61 Å². The summed E-state index contributed by atoms with van der Waals surface area (Å²) in [6.07, 6.45) is 2.24. The quantitative estimate of drug-likeness (QED) is 0.346. The molecule has 0 spiro atoms. The second kappa shape index (κ2) is 4.26. The number of rotatable bonds is 5. The van der Waals surface area contributed by atoms with Gasteiger partial charge in [0, 0.05) is 25.2 Å². The van der Waals surface area contributed by atoms with Crippen molar-refractivity contribution in [1.29, 1.82) is 0 Å². The lowest BCUT2D eigenvalue weighted by Gasteiger charge is -2.14. The van der Waals surface area contributed by atoms with Gasteiger partial charge < -0.3 is 4.74 Å². The van der Waals surface area contributed by atoms with E-state index in [0.717, 1.165) is 19.5 Å². The van der Waals surface area contributed by atoms with Gasteiger partial charge in [0.15, 0.2) is 0 Å². The zero-order valence-electron chi connectivity index (χ0n) is 7.45. The molecule has 3 nitrogen and oxygen atoms in total. The summed E-state index contributed by atoms with van der Waals surface area (Å²) in [5.41, 5.74) is 0. The van der Waals surface area contributed by atoms with Gasteiger partial charge in [-0.3, -0.25) is 4.90 Å². The molecule has 0 aromatic rings. The van der Waals surface area contributed by atoms with Gasteiger partial charge in [-0.05, 0) is 6.42 Å². The van der Waals surface area contributed by atoms with E-state index in [1.165, 1.54) is 6.08 Å². The van der Waals surface area contributed by atoms with Crippen molar-refractivity contribution >= 4 is 5.97 Å². The summed E-state index contributed by atoms with van der Waals surface area (Å²) in [6, 6.07) is 0.411. The topological polar surface area (TPSA) is 29.3 Å². The standard InChI is InChI=1S/C9H15NO2/c1-3-8(10-5-6-10)7-12-9(11)4-2/h4,8H,2-3,5-7H2,1H3. The van der Waals surface area contributed by atoms with Crippen molar-refractivity contribution in [3.05, 3.63) is 12.7 Å². The molecule has 1 heterocycles. The first-order chi connectivity index (χ1) is 5.77. The van der Waals surface area contributed by atoms with E-state index in [9.17, 15) is 4.79 Å². The Labute approximate surface area is 73.0 Å². The second-order valence-corrected chi connectivity index (χ2v) is 2.93. The highest BCUT2D eigenvalue weighted by atomic mass is 16.5. The van der Waals surface area contributed by atoms with Crippen LogP contribution in [0.5, 0.6) is 0 Å². The third-order valence-corrected chi connectivity index (χ3v) is 2.05. The Morgan fingerprint density at radius 2 is 2.42 bits per heavy atom. The maximum Gasteiger partial charge on any atom is 0.330 e. The van der Waals surface area contributed by atoms with Crippen LogP contribution in [-0.2, 0) is 9.53 Å². The molecule has 0 aromatic heterocycles. The van der Waals surface area contributed by atoms with E-state index in [1.54, 1.807) is 0 Å². The summed E-state index contributed by atoms with van der Waals surface area (Å²) in [6.45, 7) is 8.23. The van der Waals surface area contributed by atoms with E-state index < -0.39 is 0 Å². The van der Waals surface area contributed by atoms with Crippen LogP contribution < -0.4 is 0 Å². The van der Waals surface area contributed by atoms with Crippen molar-refractivity contribution < 1.29 is 9.53 Å². The predicted octanol–water partition coefficient (Wildman–Crippen LogP) is 0.810. The molecule has 68 valence electrons. The number of ether oxygens (including phenoxy) is 1. The van der Waals surface area contributed by atoms with Crippen molar-refractivity contribution in [1.82, 2.24) is 4.90 Å². The number of carbonyl (C=O) groups excluding carboxylic acids is 1. The molecule has 1 saturated heterocycles. The lowest BCUT2D eigenvalue weighted by molar-refractivity contribution is -0.138. The molecule has 1 atom stereocenters. The first kappa shape index (κ1) is 9.26. The van der Waals surface area contributed by atoms with E-state index in [2.05, 4.69) is 18.4 Å². The van der Waals surface area contributed by atoms with Gasteiger partial charge in [0.25, 0.3) is 0 Å². The summed E-state index contributed by atoms with van der Waals surface area (Å²) >= 11 is 0. The average molecular weight is 169 g/mol. The fraction of sp³-hybridized carbons (Fsp3) is 0.667. The van der Waals surface area contributed by atoms with Gasteiger partial charge in [0.05, 0.1) is 0 Å². The molecule has 0 saturated carbocycles. The van der Waals surface area contributed by atoms with Crippen LogP contribution >= 0.6 is 0 Å². The zero-order chi connectivity index (χ0) is 8.97. The van der Waals surface area contributed by atoms with Gasteiger partial charge in [-0.2, -0.15) is 0 Å². The van der Waals surface area contributed by atoms with Crippen LogP contribution in [0.15, 0.2) is 12.7 Å². The van der Waals surface area contributed by atoms with Crippen molar-refractivity contribution in [2.45, 2.75) is 19.4 Å². The Bertz CT molecular complexity index is 175. The van der Waals surface area contributed by atoms with Crippen molar-refractivity contribution in [3.8, 4) is 0 Å². The molecule has 12 heavy (non-hydrogen) atoms. The van der Waals surface area contributed by atoms with Crippen LogP contribution in [0.3, 0.4) is 0 Å². The molecule has 0 aliphatic carbocycles. The van der Waals surface area contributed by atoms with E-state index >= 15 is 0 Å². The fourth-order valence-corrected chi connectivity index (χ4v) is 1.14. The smallest absolute Gasteiger partial charge is 0.330 e. The molecule has 3 heteroatoms. The molecule has 1 aliphatic heterocycles. The average Bonchev–Trinajstić information content (AvgIpc) is 2.89. The summed E-state index contributed by atoms with van der Waals surface area (Å²) in [4.78, 5) is 13.0. The second-order valence-electron chi connectivity index (χ2n) is 2.93. The number of esters is 1. The van der Waals surface area contributed by atoms with E-state index in [0.29, 0.717) is 12.6 Å². The number of hydrogen-bond donors (Lipinski definition) is 0. The highest BCUT2D eigenvalue weighted by molar-refractivity contribution is 5.81. The van der Waals surface area contributed by atoms with Crippen molar-refractivity contribution in [3.63, 3.8) is 0 Å². The highest BCUT2D eigenvalue weighted by Crippen LogP contribution is 2.13. The monoisotopic (exact) mass is 169 g/mol. The Balaban J connectivity index is 2.18. The largest absolute Gasteiger partial charge is 0.461 e. The molecule has 1 rings (SSSR count). The minimum Gasteiger partial charge on any atom is -0.461 e. The van der Waals surface area contributed by atoms with Crippen LogP contribution in [0.4, 0.5) is 0 Å². The zero-order valence-corrected chi connectivity index (χ0v) is 7.45. The maximum absolute atomic E-state index is 10.7. The minimum absolute atomic E-state index is 0.324. The Morgan fingerprint density at radius 3 is 2.83 bits per heavy atom. The number of hydrogen-bond acceptors (Lipinski definition) is 3. The molecular formula is C9H15NO2. The lowest BCUT2D eigenvalue weighted by atomic mass is 10.2. The fourth-order valence-electron chi connectivity index (χ4n) is 1.14. The molecule has 0 radical (unpaired) electrons. The number of nitrogens with zero attached hydrogens (tertiary/aromatic N) is 1. The predicted molar refractivity (Wildman–Crippen MR) is 46.8 cm³/mol. The molecule has 1 fully saturated rings. The summed E-state index contributed by atoms with van der Waals surface area (Å²) in [5.74, 6) is -0.324. The maximum atomic E-state index is 10.7. The molecule has 0 bridgehead atoms. The van der Waals surface area contributed by atoms with Crippen LogP contribution in [0.2, 0.25) is 0 Å². The SMILES string of the molecule is C=CC(=O)OCC(CC)N1CC1. The van der Waals surface area contributed by atoms with Gasteiger partial charge in [0.2, 0.25) is 0 Å². The first-order valence-electron chi connectivity index (χ1n) is 4.31. The van der Waals surface area contributed by atoms with Crippen LogP contribution in [0, 0.1) is 0 Å². The van der Waals surface area contributed by atoms with Gasteiger partial charge in [-0.15, -0.1) is 0 Å². The van der Waals surface area contributed by atoms with E-state index in [-0.39, 0.29) is 5.97 Å². The Hall–Kier alpha value is -0.830. The molecule has 0 N–H and O–H groups in total. The van der Waals surface area contributed by atoms with E-state index in [1.807, 2.05) is 0 Å². The highest BCUT2D eigenvalue weighted by Gasteiger charge is 2.26. The van der Waals surface area contributed by atoms with E-state index in [4.69, 9.17) is 4.74 Å². The molecule has 0 amide bonds. The van der Waals surface area contributed by atoms with Crippen molar-refractivity contribution in [2.24, 2.45) is 0 Å². The van der Waals surface area contributed by atoms with Crippen LogP contribution in [-0.4, -0.2) is 36.6 Å². The van der Waals surface area contributed by atoms with Crippen molar-refractivity contribution in [2.75, 3.05) is 19.7 Å². The third-order valence-electron chi connectivity index (χ3n) is 2.05. The Morgan fingerprint density at radius 1 is 1.75 bits per heavy atom. The minimum atomic E-state index is -0.324. The summed E-state index contributed by atoms with van der Waals surface area (Å²) in [7, 11) is 0. The molecular weight excluding hydrogens is 154 g/mol. The van der Waals surface area contributed by atoms with Gasteiger partial charge in [-0.25, -0.2) is 4.79 Å². The van der Waals surface area contributed by atoms with Crippen LogP contribution in [0.25, 0.3) is 0 Å². The lowest BCUT2D eigenvalue weighted by Crippen LogP contribution is -2.25. The molecule has 1 unspecified atom stereocenters. The van der Waals surface area contributed by atoms with Crippen LogP contribution in [0.1, 0.15) is 13.3 Å². The summed E-state index contributed by atoms with van der Waals surface area (Å²) < 4.78 is 4.95. The summed E-state index contributed by atoms with van der Waals surface area (Å²) in [5, 5.41) is 0. The van der Waals surface area contributed by atoms with Gasteiger partial charge >= 0.3 is 5.97 Å². The Kier molecular flexibility index (Phi) is 3.29. The molecule has 1 aliphatic rings. The first-order valence-corrected chi connectivity index (χ1v) is 4.31. The third kappa shape index (κ3) is 2.66. The number of carbonyl (C=O) groups is 1. The molecule has 0 aromatic carbocycles. The van der Waals surface area contributed by atoms with Gasteiger partial charge in [-0.1, -0.05) is 13.5 Å².